The van der Waals surface area contributed by atoms with Gasteiger partial charge < -0.3 is 4.90 Å². The zero-order valence-electron chi connectivity index (χ0n) is 14.5. The number of amides is 2. The lowest BCUT2D eigenvalue weighted by Crippen LogP contribution is -2.35. The molecule has 0 bridgehead atoms. The van der Waals surface area contributed by atoms with Crippen LogP contribution in [0.4, 0.5) is 9.52 Å². The lowest BCUT2D eigenvalue weighted by Gasteiger charge is -2.26. The van der Waals surface area contributed by atoms with E-state index in [0.717, 1.165) is 16.6 Å². The van der Waals surface area contributed by atoms with Crippen LogP contribution < -0.4 is 5.32 Å². The maximum Gasteiger partial charge on any atom is 0.276 e. The van der Waals surface area contributed by atoms with E-state index in [1.54, 1.807) is 29.3 Å². The van der Waals surface area contributed by atoms with Gasteiger partial charge >= 0.3 is 0 Å². The first-order valence-corrected chi connectivity index (χ1v) is 9.66. The van der Waals surface area contributed by atoms with Gasteiger partial charge in [0.1, 0.15) is 11.5 Å². The Labute approximate surface area is 169 Å². The van der Waals surface area contributed by atoms with Gasteiger partial charge in [-0.25, -0.2) is 9.37 Å². The third kappa shape index (κ3) is 3.74. The zero-order chi connectivity index (χ0) is 19.7. The third-order valence-corrected chi connectivity index (χ3v) is 5.61. The molecule has 0 saturated heterocycles. The van der Waals surface area contributed by atoms with Crippen LogP contribution in [-0.2, 0) is 13.0 Å². The van der Waals surface area contributed by atoms with Gasteiger partial charge in [0.25, 0.3) is 11.8 Å². The number of hydrogen-bond acceptors (Lipinski definition) is 5. The number of halogens is 2. The number of anilines is 1. The number of nitrogens with one attached hydrogen (secondary N) is 1. The molecule has 2 amide bonds. The van der Waals surface area contributed by atoms with Crippen LogP contribution in [0.1, 0.15) is 31.4 Å². The second-order valence-corrected chi connectivity index (χ2v) is 7.65. The van der Waals surface area contributed by atoms with E-state index < -0.39 is 5.82 Å². The SMILES string of the molecule is O=C(Nc1nc2c(s1)CN(C(=O)c1ccc(F)cc1Cl)CC2)c1ccccn1. The standard InChI is InChI=1S/C19H14ClFN4O2S/c20-13-9-11(21)4-5-12(13)18(27)25-8-6-14-16(10-25)28-19(23-14)24-17(26)15-3-1-2-7-22-15/h1-5,7,9H,6,8,10H2,(H,23,24,26). The minimum atomic E-state index is -0.488. The molecule has 3 heterocycles. The van der Waals surface area contributed by atoms with Gasteiger partial charge in [-0.2, -0.15) is 0 Å². The first-order valence-electron chi connectivity index (χ1n) is 8.46. The summed E-state index contributed by atoms with van der Waals surface area (Å²) in [5.41, 5.74) is 1.42. The van der Waals surface area contributed by atoms with Crippen LogP contribution in [0.2, 0.25) is 5.02 Å². The van der Waals surface area contributed by atoms with E-state index in [1.165, 1.54) is 23.5 Å². The molecule has 1 N–H and O–H groups in total. The van der Waals surface area contributed by atoms with Crippen LogP contribution in [0.3, 0.4) is 0 Å². The van der Waals surface area contributed by atoms with E-state index in [9.17, 15) is 14.0 Å². The lowest BCUT2D eigenvalue weighted by molar-refractivity contribution is 0.0736. The second kappa shape index (κ2) is 7.65. The molecule has 142 valence electrons. The van der Waals surface area contributed by atoms with Crippen LogP contribution in [0.5, 0.6) is 0 Å². The Bertz CT molecular complexity index is 1060. The van der Waals surface area contributed by atoms with E-state index in [2.05, 4.69) is 15.3 Å². The maximum absolute atomic E-state index is 13.2. The van der Waals surface area contributed by atoms with Crippen molar-refractivity contribution in [1.82, 2.24) is 14.9 Å². The highest BCUT2D eigenvalue weighted by molar-refractivity contribution is 7.15. The van der Waals surface area contributed by atoms with Gasteiger partial charge in [0.2, 0.25) is 0 Å². The molecule has 1 aliphatic heterocycles. The van der Waals surface area contributed by atoms with Gasteiger partial charge in [-0.1, -0.05) is 29.0 Å². The van der Waals surface area contributed by atoms with E-state index in [4.69, 9.17) is 11.6 Å². The van der Waals surface area contributed by atoms with Gasteiger partial charge in [0, 0.05) is 24.0 Å². The molecular weight excluding hydrogens is 403 g/mol. The summed E-state index contributed by atoms with van der Waals surface area (Å²) in [6, 6.07) is 8.82. The molecule has 9 heteroatoms. The molecule has 0 fully saturated rings. The first-order chi connectivity index (χ1) is 13.5. The Morgan fingerprint density at radius 1 is 1.25 bits per heavy atom. The third-order valence-electron chi connectivity index (χ3n) is 4.30. The lowest BCUT2D eigenvalue weighted by atomic mass is 10.1. The average Bonchev–Trinajstić information content (AvgIpc) is 3.09. The molecule has 4 rings (SSSR count). The number of nitrogens with zero attached hydrogens (tertiary/aromatic N) is 3. The number of aromatic nitrogens is 2. The van der Waals surface area contributed by atoms with Crippen molar-refractivity contribution in [2.24, 2.45) is 0 Å². The van der Waals surface area contributed by atoms with Crippen molar-refractivity contribution in [2.75, 3.05) is 11.9 Å². The number of benzene rings is 1. The molecule has 0 atom stereocenters. The van der Waals surface area contributed by atoms with Crippen molar-refractivity contribution in [2.45, 2.75) is 13.0 Å². The molecule has 0 radical (unpaired) electrons. The first kappa shape index (κ1) is 18.5. The fourth-order valence-electron chi connectivity index (χ4n) is 2.91. The minimum Gasteiger partial charge on any atom is -0.333 e. The monoisotopic (exact) mass is 416 g/mol. The van der Waals surface area contributed by atoms with Crippen LogP contribution >= 0.6 is 22.9 Å². The van der Waals surface area contributed by atoms with Crippen molar-refractivity contribution in [1.29, 1.82) is 0 Å². The van der Waals surface area contributed by atoms with Gasteiger partial charge in [0.05, 0.1) is 22.8 Å². The molecule has 1 aromatic carbocycles. The van der Waals surface area contributed by atoms with Crippen LogP contribution in [-0.4, -0.2) is 33.2 Å². The molecule has 3 aromatic rings. The summed E-state index contributed by atoms with van der Waals surface area (Å²) in [5, 5.41) is 3.30. The van der Waals surface area contributed by atoms with Gasteiger partial charge in [-0.05, 0) is 30.3 Å². The molecule has 0 saturated carbocycles. The average molecular weight is 417 g/mol. The van der Waals surface area contributed by atoms with Crippen LogP contribution in [0, 0.1) is 5.82 Å². The van der Waals surface area contributed by atoms with Gasteiger partial charge in [-0.15, -0.1) is 0 Å². The number of hydrogen-bond donors (Lipinski definition) is 1. The molecule has 0 unspecified atom stereocenters. The summed E-state index contributed by atoms with van der Waals surface area (Å²) >= 11 is 7.34. The summed E-state index contributed by atoms with van der Waals surface area (Å²) in [6.07, 6.45) is 2.11. The van der Waals surface area contributed by atoms with Crippen molar-refractivity contribution < 1.29 is 14.0 Å². The Balaban J connectivity index is 1.48. The van der Waals surface area contributed by atoms with Gasteiger partial charge in [-0.3, -0.25) is 19.9 Å². The minimum absolute atomic E-state index is 0.0865. The number of fused-ring (bicyclic) bond motifs is 1. The highest BCUT2D eigenvalue weighted by Crippen LogP contribution is 2.30. The quantitative estimate of drug-likeness (QED) is 0.705. The summed E-state index contributed by atoms with van der Waals surface area (Å²) < 4.78 is 13.2. The van der Waals surface area contributed by atoms with E-state index in [-0.39, 0.29) is 22.4 Å². The Morgan fingerprint density at radius 2 is 2.11 bits per heavy atom. The highest BCUT2D eigenvalue weighted by atomic mass is 35.5. The molecule has 6 nitrogen and oxygen atoms in total. The summed E-state index contributed by atoms with van der Waals surface area (Å²) in [5.74, 6) is -1.08. The van der Waals surface area contributed by atoms with E-state index in [0.29, 0.717) is 30.3 Å². The normalized spacial score (nSPS) is 13.1. The fourth-order valence-corrected chi connectivity index (χ4v) is 4.18. The summed E-state index contributed by atoms with van der Waals surface area (Å²) in [4.78, 5) is 36.0. The predicted octanol–water partition coefficient (Wildman–Crippen LogP) is 3.78. The molecule has 28 heavy (non-hydrogen) atoms. The smallest absolute Gasteiger partial charge is 0.276 e. The maximum atomic E-state index is 13.2. The molecule has 0 aliphatic carbocycles. The van der Waals surface area contributed by atoms with E-state index in [1.807, 2.05) is 0 Å². The van der Waals surface area contributed by atoms with Crippen LogP contribution in [0.25, 0.3) is 0 Å². The van der Waals surface area contributed by atoms with Crippen molar-refractivity contribution in [3.8, 4) is 0 Å². The van der Waals surface area contributed by atoms with Crippen molar-refractivity contribution >= 4 is 39.9 Å². The Hall–Kier alpha value is -2.84. The van der Waals surface area contributed by atoms with Gasteiger partial charge in [0.15, 0.2) is 5.13 Å². The molecule has 1 aliphatic rings. The second-order valence-electron chi connectivity index (χ2n) is 6.16. The fraction of sp³-hybridized carbons (Fsp3) is 0.158. The highest BCUT2D eigenvalue weighted by Gasteiger charge is 2.26. The summed E-state index contributed by atoms with van der Waals surface area (Å²) in [7, 11) is 0. The number of pyridine rings is 1. The molecule has 0 spiro atoms. The van der Waals surface area contributed by atoms with Crippen molar-refractivity contribution in [3.63, 3.8) is 0 Å². The number of carbonyl (C=O) groups excluding carboxylic acids is 2. The topological polar surface area (TPSA) is 75.2 Å². The number of carbonyl (C=O) groups is 2. The molecule has 2 aromatic heterocycles. The van der Waals surface area contributed by atoms with Crippen LogP contribution in [0.15, 0.2) is 42.6 Å². The summed E-state index contributed by atoms with van der Waals surface area (Å²) in [6.45, 7) is 0.829. The van der Waals surface area contributed by atoms with Crippen molar-refractivity contribution in [3.05, 3.63) is 75.3 Å². The number of rotatable bonds is 3. The zero-order valence-corrected chi connectivity index (χ0v) is 16.1. The number of thiazole rings is 1. The largest absolute Gasteiger partial charge is 0.333 e. The Kier molecular flexibility index (Phi) is 5.06. The predicted molar refractivity (Wildman–Crippen MR) is 104 cm³/mol. The van der Waals surface area contributed by atoms with E-state index >= 15 is 0 Å². The molecular formula is C19H14ClFN4O2S. The Morgan fingerprint density at radius 3 is 2.86 bits per heavy atom.